The maximum Gasteiger partial charge on any atom is 0.305 e. The van der Waals surface area contributed by atoms with Gasteiger partial charge in [0.1, 0.15) is 36.3 Å². The van der Waals surface area contributed by atoms with E-state index in [0.717, 1.165) is 11.8 Å². The summed E-state index contributed by atoms with van der Waals surface area (Å²) >= 11 is 1.46. The quantitative estimate of drug-likeness (QED) is 0.0520. The fourth-order valence-corrected chi connectivity index (χ4v) is 6.90. The summed E-state index contributed by atoms with van der Waals surface area (Å²) < 4.78 is 0. The van der Waals surface area contributed by atoms with Gasteiger partial charge in [-0.15, -0.1) is 0 Å². The number of nitrogens with two attached hydrogens (primary N) is 1. The first-order chi connectivity index (χ1) is 30.2. The molecule has 6 atom stereocenters. The molecule has 0 spiro atoms. The minimum absolute atomic E-state index is 0.0587. The molecule has 0 aliphatic heterocycles. The molecule has 0 unspecified atom stereocenters. The molecule has 2 aromatic rings. The van der Waals surface area contributed by atoms with Gasteiger partial charge in [-0.1, -0.05) is 74.5 Å². The van der Waals surface area contributed by atoms with Crippen LogP contribution in [-0.4, -0.2) is 136 Å². The summed E-state index contributed by atoms with van der Waals surface area (Å²) in [6.07, 6.45) is 0.149. The number of carbonyl (C=O) groups excluding carboxylic acids is 8. The van der Waals surface area contributed by atoms with Gasteiger partial charge in [0.15, 0.2) is 0 Å². The molecule has 0 fully saturated rings. The summed E-state index contributed by atoms with van der Waals surface area (Å²) in [6.45, 7) is 4.10. The van der Waals surface area contributed by atoms with Crippen LogP contribution in [0.3, 0.4) is 0 Å². The van der Waals surface area contributed by atoms with Gasteiger partial charge in [-0.25, -0.2) is 0 Å². The summed E-state index contributed by atoms with van der Waals surface area (Å²) in [5.74, 6) is -8.80. The van der Waals surface area contributed by atoms with Crippen molar-refractivity contribution in [3.63, 3.8) is 0 Å². The molecular weight excluding hydrogens is 853 g/mol. The van der Waals surface area contributed by atoms with Crippen molar-refractivity contribution in [2.75, 3.05) is 25.6 Å². The highest BCUT2D eigenvalue weighted by Crippen LogP contribution is 2.14. The predicted molar refractivity (Wildman–Crippen MR) is 236 cm³/mol. The number of nitrogens with one attached hydrogen (secondary N) is 6. The first-order valence-corrected chi connectivity index (χ1v) is 21.9. The van der Waals surface area contributed by atoms with Crippen LogP contribution in [0.5, 0.6) is 0 Å². The number of hydrogen-bond donors (Lipinski definition) is 9. The second-order valence-electron chi connectivity index (χ2n) is 15.5. The van der Waals surface area contributed by atoms with E-state index in [1.165, 1.54) is 18.8 Å². The van der Waals surface area contributed by atoms with Crippen LogP contribution in [-0.2, 0) is 60.8 Å². The minimum atomic E-state index is -1.62. The van der Waals surface area contributed by atoms with Crippen LogP contribution in [0.1, 0.15) is 64.0 Å². The third kappa shape index (κ3) is 19.7. The van der Waals surface area contributed by atoms with Crippen molar-refractivity contribution in [1.29, 1.82) is 0 Å². The summed E-state index contributed by atoms with van der Waals surface area (Å²) in [5.41, 5.74) is 6.69. The second kappa shape index (κ2) is 27.5. The number of carboxylic acids is 2. The van der Waals surface area contributed by atoms with Crippen LogP contribution < -0.4 is 37.6 Å². The zero-order chi connectivity index (χ0) is 47.9. The minimum Gasteiger partial charge on any atom is -0.481 e. The van der Waals surface area contributed by atoms with E-state index in [0.29, 0.717) is 16.9 Å². The van der Waals surface area contributed by atoms with Crippen molar-refractivity contribution >= 4 is 71.0 Å². The molecule has 10 N–H and O–H groups in total. The number of amides is 8. The highest BCUT2D eigenvalue weighted by atomic mass is 32.2. The molecule has 2 aromatic carbocycles. The van der Waals surface area contributed by atoms with E-state index in [1.807, 2.05) is 20.1 Å². The van der Waals surface area contributed by atoms with E-state index in [2.05, 4.69) is 31.9 Å². The van der Waals surface area contributed by atoms with E-state index in [1.54, 1.807) is 60.7 Å². The lowest BCUT2D eigenvalue weighted by atomic mass is 10.00. The number of nitrogens with zero attached hydrogens (tertiary/aromatic N) is 1. The predicted octanol–water partition coefficient (Wildman–Crippen LogP) is -0.517. The van der Waals surface area contributed by atoms with Gasteiger partial charge in [-0.3, -0.25) is 47.9 Å². The first-order valence-electron chi connectivity index (χ1n) is 20.5. The Kier molecular flexibility index (Phi) is 23.1. The van der Waals surface area contributed by atoms with Crippen molar-refractivity contribution in [3.05, 3.63) is 71.8 Å². The van der Waals surface area contributed by atoms with Crippen molar-refractivity contribution < 1.29 is 58.2 Å². The molecule has 0 aromatic heterocycles. The van der Waals surface area contributed by atoms with E-state index in [9.17, 15) is 58.2 Å². The molecule has 0 aliphatic carbocycles. The van der Waals surface area contributed by atoms with Crippen molar-refractivity contribution in [2.45, 2.75) is 102 Å². The van der Waals surface area contributed by atoms with Gasteiger partial charge < -0.3 is 52.7 Å². The molecule has 20 nitrogen and oxygen atoms in total. The lowest BCUT2D eigenvalue weighted by molar-refractivity contribution is -0.143. The van der Waals surface area contributed by atoms with Crippen LogP contribution in [0, 0.1) is 5.92 Å². The average molecular weight is 913 g/mol. The topological polar surface area (TPSA) is 313 Å². The van der Waals surface area contributed by atoms with Crippen molar-refractivity contribution in [2.24, 2.45) is 11.7 Å². The molecular formula is C43H60N8O12S. The van der Waals surface area contributed by atoms with Gasteiger partial charge in [0.25, 0.3) is 0 Å². The van der Waals surface area contributed by atoms with Gasteiger partial charge in [-0.2, -0.15) is 11.8 Å². The third-order valence-corrected chi connectivity index (χ3v) is 10.3. The SMILES string of the molecule is CSCC[C@H](NC(=O)[C@H](CC(C)C)NC(=O)CNC(=O)[C@H](Cc1ccccc1)N(C)C(=O)[C@H](Cc1ccccc1)NC(=O)[C@H](CCC(=O)O)NC(=O)[C@@H](CC(=O)O)NC(C)=O)C(N)=O. The number of hydrogen-bond acceptors (Lipinski definition) is 11. The van der Waals surface area contributed by atoms with Crippen LogP contribution in [0.4, 0.5) is 0 Å². The Hall–Kier alpha value is -6.51. The van der Waals surface area contributed by atoms with E-state index >= 15 is 0 Å². The summed E-state index contributed by atoms with van der Waals surface area (Å²) in [7, 11) is 1.32. The van der Waals surface area contributed by atoms with Crippen LogP contribution in [0.2, 0.25) is 0 Å². The van der Waals surface area contributed by atoms with Gasteiger partial charge >= 0.3 is 11.9 Å². The Balaban J connectivity index is 2.43. The zero-order valence-corrected chi connectivity index (χ0v) is 37.4. The Bertz CT molecular complexity index is 1920. The Morgan fingerprint density at radius 2 is 1.19 bits per heavy atom. The Morgan fingerprint density at radius 1 is 0.656 bits per heavy atom. The fourth-order valence-electron chi connectivity index (χ4n) is 6.43. The molecule has 0 aliphatic rings. The van der Waals surface area contributed by atoms with E-state index in [-0.39, 0.29) is 31.6 Å². The fraction of sp³-hybridized carbons (Fsp3) is 0.488. The van der Waals surface area contributed by atoms with Gasteiger partial charge in [0.2, 0.25) is 47.3 Å². The van der Waals surface area contributed by atoms with Crippen LogP contribution in [0.15, 0.2) is 60.7 Å². The summed E-state index contributed by atoms with van der Waals surface area (Å²) in [5, 5.41) is 33.6. The maximum absolute atomic E-state index is 14.5. The van der Waals surface area contributed by atoms with Crippen molar-refractivity contribution in [3.8, 4) is 0 Å². The molecule has 0 saturated heterocycles. The molecule has 2 rings (SSSR count). The summed E-state index contributed by atoms with van der Waals surface area (Å²) in [6, 6.07) is 9.09. The molecule has 0 bridgehead atoms. The number of thioether (sulfide) groups is 1. The molecule has 0 saturated carbocycles. The maximum atomic E-state index is 14.5. The van der Waals surface area contributed by atoms with Gasteiger partial charge in [0.05, 0.1) is 13.0 Å². The standard InChI is InChI=1S/C43H60N8O12S/c1-25(2)20-31(40(60)48-29(38(44)58)18-19-64-5)47-35(53)24-45-42(62)34(22-28-14-10-7-11-15-28)51(4)43(63)33(21-27-12-8-6-9-13-27)50-39(59)30(16-17-36(54)55)49-41(61)32(23-37(56)57)46-26(3)52/h6-15,25,29-34H,16-24H2,1-5H3,(H2,44,58)(H,45,62)(H,46,52)(H,47,53)(H,48,60)(H,49,61)(H,50,59)(H,54,55)(H,56,57)/t29-,30-,31-,32+,33-,34-/m0/s1. The number of carbonyl (C=O) groups is 10. The number of likely N-dealkylation sites (N-methyl/N-ethyl adjacent to an activating group) is 1. The summed E-state index contributed by atoms with van der Waals surface area (Å²) in [4.78, 5) is 130. The highest BCUT2D eigenvalue weighted by molar-refractivity contribution is 7.98. The smallest absolute Gasteiger partial charge is 0.305 e. The number of rotatable bonds is 28. The number of primary amides is 1. The van der Waals surface area contributed by atoms with Gasteiger partial charge in [0, 0.05) is 33.2 Å². The molecule has 350 valence electrons. The average Bonchev–Trinajstić information content (AvgIpc) is 3.23. The lowest BCUT2D eigenvalue weighted by Crippen LogP contribution is -2.59. The van der Waals surface area contributed by atoms with E-state index in [4.69, 9.17) is 5.73 Å². The third-order valence-electron chi connectivity index (χ3n) is 9.69. The molecule has 21 heteroatoms. The van der Waals surface area contributed by atoms with E-state index < -0.39 is 121 Å². The molecule has 64 heavy (non-hydrogen) atoms. The highest BCUT2D eigenvalue weighted by Gasteiger charge is 2.36. The largest absolute Gasteiger partial charge is 0.481 e. The molecule has 8 amide bonds. The number of benzene rings is 2. The zero-order valence-electron chi connectivity index (χ0n) is 36.6. The first kappa shape index (κ1) is 53.6. The van der Waals surface area contributed by atoms with Crippen LogP contribution in [0.25, 0.3) is 0 Å². The number of carboxylic acid groups (broad SMARTS) is 2. The Morgan fingerprint density at radius 3 is 1.70 bits per heavy atom. The number of aliphatic carboxylic acids is 2. The molecule has 0 radical (unpaired) electrons. The monoisotopic (exact) mass is 912 g/mol. The van der Waals surface area contributed by atoms with Crippen molar-refractivity contribution in [1.82, 2.24) is 36.8 Å². The normalized spacial score (nSPS) is 13.7. The van der Waals surface area contributed by atoms with Crippen LogP contribution >= 0.6 is 11.8 Å². The van der Waals surface area contributed by atoms with Gasteiger partial charge in [-0.05, 0) is 48.3 Å². The molecule has 0 heterocycles. The second-order valence-corrected chi connectivity index (χ2v) is 16.4. The Labute approximate surface area is 376 Å². The lowest BCUT2D eigenvalue weighted by Gasteiger charge is -2.32.